The van der Waals surface area contributed by atoms with Gasteiger partial charge in [0.1, 0.15) is 0 Å². The molecule has 3 nitrogen and oxygen atoms in total. The second kappa shape index (κ2) is 5.71. The molecule has 0 aliphatic heterocycles. The molecule has 0 aliphatic carbocycles. The molecule has 0 aliphatic rings. The molecule has 0 spiro atoms. The van der Waals surface area contributed by atoms with E-state index in [2.05, 4.69) is 6.92 Å². The highest BCUT2D eigenvalue weighted by Crippen LogP contribution is 1.99. The van der Waals surface area contributed by atoms with Crippen LogP contribution in [-0.2, 0) is 4.43 Å². The van der Waals surface area contributed by atoms with Crippen molar-refractivity contribution in [1.82, 2.24) is 0 Å². The van der Waals surface area contributed by atoms with Gasteiger partial charge >= 0.3 is 0 Å². The minimum Gasteiger partial charge on any atom is -0.414 e. The van der Waals surface area contributed by atoms with E-state index >= 15 is 0 Å². The molecule has 0 fully saturated rings. The highest BCUT2D eigenvalue weighted by molar-refractivity contribution is 6.55. The minimum atomic E-state index is -0.986. The van der Waals surface area contributed by atoms with Crippen molar-refractivity contribution in [2.24, 2.45) is 11.5 Å². The molecule has 11 heavy (non-hydrogen) atoms. The summed E-state index contributed by atoms with van der Waals surface area (Å²) in [5.41, 5.74) is 11.9. The first kappa shape index (κ1) is 11.1. The Labute approximate surface area is 70.8 Å². The Morgan fingerprint density at radius 3 is 2.18 bits per heavy atom. The highest BCUT2D eigenvalue weighted by atomic mass is 28.3. The van der Waals surface area contributed by atoms with Crippen molar-refractivity contribution >= 4 is 9.04 Å². The van der Waals surface area contributed by atoms with E-state index in [-0.39, 0.29) is 11.3 Å². The van der Waals surface area contributed by atoms with Crippen LogP contribution in [0.15, 0.2) is 0 Å². The van der Waals surface area contributed by atoms with Crippen molar-refractivity contribution in [3.05, 3.63) is 0 Å². The van der Waals surface area contributed by atoms with Gasteiger partial charge in [0, 0.05) is 17.9 Å². The first-order valence-corrected chi connectivity index (χ1v) is 5.70. The van der Waals surface area contributed by atoms with Crippen molar-refractivity contribution in [3.8, 4) is 0 Å². The molecule has 2 unspecified atom stereocenters. The van der Waals surface area contributed by atoms with Crippen LogP contribution in [0.3, 0.4) is 0 Å². The number of nitrogens with two attached hydrogens (primary N) is 2. The van der Waals surface area contributed by atoms with E-state index < -0.39 is 9.04 Å². The molecule has 0 amide bonds. The molecule has 0 saturated heterocycles. The molecule has 4 heteroatoms. The molecule has 0 bridgehead atoms. The van der Waals surface area contributed by atoms with E-state index in [1.54, 1.807) is 0 Å². The largest absolute Gasteiger partial charge is 0.414 e. The maximum absolute atomic E-state index is 5.84. The van der Waals surface area contributed by atoms with Gasteiger partial charge in [-0.25, -0.2) is 0 Å². The van der Waals surface area contributed by atoms with Crippen molar-refractivity contribution < 1.29 is 4.43 Å². The fourth-order valence-corrected chi connectivity index (χ4v) is 2.83. The van der Waals surface area contributed by atoms with Gasteiger partial charge in [0.05, 0.1) is 0 Å². The molecule has 2 atom stereocenters. The van der Waals surface area contributed by atoms with Crippen molar-refractivity contribution in [2.75, 3.05) is 6.61 Å². The Morgan fingerprint density at radius 2 is 1.91 bits per heavy atom. The summed E-state index contributed by atoms with van der Waals surface area (Å²) in [6.07, 6.45) is 0.954. The van der Waals surface area contributed by atoms with E-state index in [1.807, 2.05) is 13.8 Å². The van der Waals surface area contributed by atoms with Gasteiger partial charge in [-0.05, 0) is 13.3 Å². The lowest BCUT2D eigenvalue weighted by Gasteiger charge is -2.22. The molecule has 67 valence electrons. The predicted octanol–water partition coefficient (Wildman–Crippen LogP) is 0.177. The van der Waals surface area contributed by atoms with E-state index in [0.29, 0.717) is 0 Å². The van der Waals surface area contributed by atoms with E-state index in [0.717, 1.165) is 13.0 Å². The summed E-state index contributed by atoms with van der Waals surface area (Å²) in [5, 5.41) is 0. The summed E-state index contributed by atoms with van der Waals surface area (Å²) in [6, 6.07) is 0. The van der Waals surface area contributed by atoms with E-state index in [1.165, 1.54) is 0 Å². The molecule has 0 aromatic rings. The maximum Gasteiger partial charge on any atom is 0.245 e. The highest BCUT2D eigenvalue weighted by Gasteiger charge is 2.24. The molecule has 0 rings (SSSR count). The Hall–Kier alpha value is 0.0969. The average Bonchev–Trinajstić information content (AvgIpc) is 1.98. The topological polar surface area (TPSA) is 61.3 Å². The van der Waals surface area contributed by atoms with Crippen LogP contribution >= 0.6 is 0 Å². The van der Waals surface area contributed by atoms with Gasteiger partial charge in [0.25, 0.3) is 0 Å². The second-order valence-electron chi connectivity index (χ2n) is 2.64. The number of rotatable bonds is 5. The smallest absolute Gasteiger partial charge is 0.245 e. The molecule has 1 radical (unpaired) electrons. The van der Waals surface area contributed by atoms with Gasteiger partial charge in [0.15, 0.2) is 0 Å². The lowest BCUT2D eigenvalue weighted by atomic mass is 10.5. The Balaban J connectivity index is 3.87. The van der Waals surface area contributed by atoms with Crippen LogP contribution < -0.4 is 11.5 Å². The fraction of sp³-hybridized carbons (Fsp3) is 1.00. The summed E-state index contributed by atoms with van der Waals surface area (Å²) >= 11 is 0. The van der Waals surface area contributed by atoms with Crippen LogP contribution in [0.1, 0.15) is 27.2 Å². The van der Waals surface area contributed by atoms with Crippen molar-refractivity contribution in [2.45, 2.75) is 38.5 Å². The summed E-state index contributed by atoms with van der Waals surface area (Å²) < 4.78 is 5.51. The molecule has 0 heterocycles. The van der Waals surface area contributed by atoms with Crippen molar-refractivity contribution in [3.63, 3.8) is 0 Å². The second-order valence-corrected chi connectivity index (χ2v) is 5.38. The third-order valence-corrected chi connectivity index (χ3v) is 4.22. The zero-order valence-electron chi connectivity index (χ0n) is 7.63. The first-order chi connectivity index (χ1) is 5.13. The van der Waals surface area contributed by atoms with Gasteiger partial charge < -0.3 is 15.9 Å². The van der Waals surface area contributed by atoms with Gasteiger partial charge in [-0.1, -0.05) is 13.8 Å². The quantitative estimate of drug-likeness (QED) is 0.586. The SMILES string of the molecule is CCO[Si](C(C)N)C(N)CC. The van der Waals surface area contributed by atoms with Crippen LogP contribution in [0.5, 0.6) is 0 Å². The van der Waals surface area contributed by atoms with E-state index in [4.69, 9.17) is 15.9 Å². The fourth-order valence-electron chi connectivity index (χ4n) is 0.944. The lowest BCUT2D eigenvalue weighted by molar-refractivity contribution is 0.326. The molecule has 0 aromatic carbocycles. The zero-order valence-corrected chi connectivity index (χ0v) is 8.63. The zero-order chi connectivity index (χ0) is 8.85. The van der Waals surface area contributed by atoms with Crippen LogP contribution in [0.2, 0.25) is 0 Å². The van der Waals surface area contributed by atoms with Crippen LogP contribution in [0.25, 0.3) is 0 Å². The normalized spacial score (nSPS) is 16.9. The van der Waals surface area contributed by atoms with Gasteiger partial charge in [0.2, 0.25) is 9.04 Å². The summed E-state index contributed by atoms with van der Waals surface area (Å²) in [6.45, 7) is 6.75. The molecule has 0 aromatic heterocycles. The van der Waals surface area contributed by atoms with E-state index in [9.17, 15) is 0 Å². The summed E-state index contributed by atoms with van der Waals surface area (Å²) in [7, 11) is -0.986. The van der Waals surface area contributed by atoms with Crippen molar-refractivity contribution in [1.29, 1.82) is 0 Å². The number of hydrogen-bond acceptors (Lipinski definition) is 3. The molecule has 4 N–H and O–H groups in total. The predicted molar refractivity (Wildman–Crippen MR) is 49.3 cm³/mol. The Kier molecular flexibility index (Phi) is 5.76. The average molecular weight is 175 g/mol. The standard InChI is InChI=1S/C7H19N2OSi/c1-4-7(9)11(6(3)8)10-5-2/h6-7H,4-5,8-9H2,1-3H3. The van der Waals surface area contributed by atoms with Crippen LogP contribution in [0, 0.1) is 0 Å². The summed E-state index contributed by atoms with van der Waals surface area (Å²) in [5.74, 6) is 0. The molecular weight excluding hydrogens is 156 g/mol. The number of hydrogen-bond donors (Lipinski definition) is 2. The lowest BCUT2D eigenvalue weighted by Crippen LogP contribution is -2.52. The molecule has 0 saturated carbocycles. The van der Waals surface area contributed by atoms with Gasteiger partial charge in [-0.15, -0.1) is 0 Å². The first-order valence-electron chi connectivity index (χ1n) is 4.14. The Bertz CT molecular complexity index is 100. The van der Waals surface area contributed by atoms with Gasteiger partial charge in [-0.2, -0.15) is 0 Å². The third-order valence-electron chi connectivity index (χ3n) is 1.57. The van der Waals surface area contributed by atoms with Crippen LogP contribution in [0.4, 0.5) is 0 Å². The minimum absolute atomic E-state index is 0.120. The van der Waals surface area contributed by atoms with Gasteiger partial charge in [-0.3, -0.25) is 0 Å². The Morgan fingerprint density at radius 1 is 1.36 bits per heavy atom. The maximum atomic E-state index is 5.84. The monoisotopic (exact) mass is 175 g/mol. The third kappa shape index (κ3) is 3.86. The molecular formula is C7H19N2OSi. The summed E-state index contributed by atoms with van der Waals surface area (Å²) in [4.78, 5) is 0. The van der Waals surface area contributed by atoms with Crippen LogP contribution in [-0.4, -0.2) is 27.0 Å².